The van der Waals surface area contributed by atoms with E-state index >= 15 is 0 Å². The van der Waals surface area contributed by atoms with Gasteiger partial charge >= 0.3 is 119 Å². The molecule has 510 valence electrons. The first-order valence-electron chi connectivity index (χ1n) is 15.4. The van der Waals surface area contributed by atoms with Gasteiger partial charge in [0.2, 0.25) is 0 Å². The second-order valence-corrected chi connectivity index (χ2v) is 9.74. The number of hydrogen-bond acceptors (Lipinski definition) is 19. The summed E-state index contributed by atoms with van der Waals surface area (Å²) in [5, 5.41) is 132. The van der Waals surface area contributed by atoms with Gasteiger partial charge in [0.05, 0.1) is 0 Å². The van der Waals surface area contributed by atoms with Gasteiger partial charge in [-0.15, -0.1) is 0 Å². The van der Waals surface area contributed by atoms with E-state index in [1.54, 1.807) is 0 Å². The molecule has 0 saturated carbocycles. The maximum absolute atomic E-state index is 10.7. The molecular formula is C24H32F30O26Zn8. The van der Waals surface area contributed by atoms with Gasteiger partial charge in [0.1, 0.15) is 12.6 Å². The molecular weight excluding hydrogens is 1800 g/mol. The molecule has 88 heavy (non-hydrogen) atoms. The van der Waals surface area contributed by atoms with E-state index in [9.17, 15) is 132 Å². The summed E-state index contributed by atoms with van der Waals surface area (Å²) in [6, 6.07) is 0. The Morgan fingerprint density at radius 3 is 0.261 bits per heavy atom. The minimum atomic E-state index is -5.08. The Balaban J connectivity index is -0.0000000290. The average Bonchev–Trinajstić information content (AvgIpc) is 3.13. The molecule has 0 rings (SSSR count). The molecule has 0 aromatic rings. The predicted octanol–water partition coefficient (Wildman–Crippen LogP) is 0.908. The predicted molar refractivity (Wildman–Crippen MR) is 171 cm³/mol. The summed E-state index contributed by atoms with van der Waals surface area (Å²) in [5.74, 6) is -16.5. The first-order valence-corrected chi connectivity index (χ1v) is 16.6. The quantitative estimate of drug-likeness (QED) is 0.0910. The number of halogens is 30. The van der Waals surface area contributed by atoms with E-state index in [-0.39, 0.29) is 160 Å². The Hall–Kier alpha value is -1.01. The van der Waals surface area contributed by atoms with Crippen LogP contribution in [0.4, 0.5) is 132 Å². The molecule has 0 amide bonds. The Morgan fingerprint density at radius 1 is 0.239 bits per heavy atom. The molecule has 0 aromatic heterocycles. The van der Waals surface area contributed by atoms with E-state index in [4.69, 9.17) is 124 Å². The molecule has 0 saturated heterocycles. The summed E-state index contributed by atoms with van der Waals surface area (Å²) in [5.41, 5.74) is 0. The van der Waals surface area contributed by atoms with E-state index < -0.39 is 135 Å². The van der Waals surface area contributed by atoms with Crippen molar-refractivity contribution in [1.29, 1.82) is 0 Å². The molecule has 0 aliphatic carbocycles. The fourth-order valence-electron chi connectivity index (χ4n) is 0. The summed E-state index contributed by atoms with van der Waals surface area (Å²) in [6.07, 6.45) is -65.2. The minimum absolute atomic E-state index is 0. The fourth-order valence-corrected chi connectivity index (χ4v) is 0. The molecule has 0 bridgehead atoms. The summed E-state index contributed by atoms with van der Waals surface area (Å²) in [6.45, 7) is 2.56. The Kier molecular flexibility index (Phi) is 116. The SMILES string of the molecule is CC(O)O.CC(O)O.O.O=C(O)C(F)(F)F.O=C(O)C(F)(F)F.O=C(O)C(F)(F)F.O=C(O)C(F)(F)F.O=C(O)C(F)(F)F.O=C(O)C(F)(F)F.OC(O)C(F)(F)F.OC(O)C(F)(F)F.OC(O)C(F)(F)F.OC(O)C(F)(F)F.[O]=[Zn].[Zn].[Zn].[Zn].[Zn].[Zn].[Zn].[Zn]. The van der Waals surface area contributed by atoms with Crippen LogP contribution < -0.4 is 0 Å². The molecule has 0 fully saturated rings. The molecule has 0 unspecified atom stereocenters. The maximum atomic E-state index is 10.7. The van der Waals surface area contributed by atoms with Crippen molar-refractivity contribution in [3.8, 4) is 0 Å². The van der Waals surface area contributed by atoms with Crippen LogP contribution in [-0.4, -0.2) is 233 Å². The number of aliphatic hydroxyl groups excluding tert-OH is 6. The molecule has 20 N–H and O–H groups in total. The van der Waals surface area contributed by atoms with Gasteiger partial charge in [0.25, 0.3) is 25.2 Å². The van der Waals surface area contributed by atoms with E-state index in [0.29, 0.717) is 0 Å². The molecule has 0 spiro atoms. The van der Waals surface area contributed by atoms with Gasteiger partial charge in [0, 0.05) is 136 Å². The van der Waals surface area contributed by atoms with Gasteiger partial charge in [-0.3, -0.25) is 0 Å². The van der Waals surface area contributed by atoms with E-state index in [1.165, 1.54) is 13.8 Å². The zero-order valence-corrected chi connectivity index (χ0v) is 65.6. The van der Waals surface area contributed by atoms with E-state index in [0.717, 1.165) is 0 Å². The normalized spacial score (nSPS) is 10.4. The van der Waals surface area contributed by atoms with Crippen molar-refractivity contribution in [1.82, 2.24) is 0 Å². The zero-order valence-electron chi connectivity index (χ0n) is 41.9. The van der Waals surface area contributed by atoms with Crippen LogP contribution in [0.5, 0.6) is 0 Å². The van der Waals surface area contributed by atoms with Crippen molar-refractivity contribution < 1.29 is 416 Å². The zero-order chi connectivity index (χ0) is 69.9. The third-order valence-corrected chi connectivity index (χ3v) is 2.63. The molecule has 0 aliphatic heterocycles. The third-order valence-electron chi connectivity index (χ3n) is 2.63. The third kappa shape index (κ3) is 172. The second-order valence-electron chi connectivity index (χ2n) is 9.74. The van der Waals surface area contributed by atoms with Gasteiger partial charge in [-0.1, -0.05) is 0 Å². The fraction of sp³-hybridized carbons (Fsp3) is 0.750. The molecule has 64 heteroatoms. The maximum Gasteiger partial charge on any atom is 0 e. The minimum Gasteiger partial charge on any atom is 0 e. The molecule has 0 atom stereocenters. The van der Waals surface area contributed by atoms with Crippen molar-refractivity contribution >= 4 is 35.8 Å². The van der Waals surface area contributed by atoms with Crippen molar-refractivity contribution in [3.63, 3.8) is 0 Å². The number of alkyl halides is 30. The van der Waals surface area contributed by atoms with Crippen LogP contribution in [0.25, 0.3) is 0 Å². The van der Waals surface area contributed by atoms with E-state index in [2.05, 4.69) is 0 Å². The number of rotatable bonds is 0. The Labute approximate surface area is 561 Å². The number of carboxylic acids is 6. The van der Waals surface area contributed by atoms with Crippen LogP contribution in [0.15, 0.2) is 0 Å². The van der Waals surface area contributed by atoms with Gasteiger partial charge in [-0.2, -0.15) is 132 Å². The largest absolute Gasteiger partial charge is 0 e. The van der Waals surface area contributed by atoms with Crippen LogP contribution in [0.3, 0.4) is 0 Å². The Morgan fingerprint density at radius 2 is 0.261 bits per heavy atom. The molecule has 0 heterocycles. The Bertz CT molecular complexity index is 1340. The smallest absolute Gasteiger partial charge is 0 e. The standard InChI is InChI=1S/4C2H3F3O2.6C2HF3O2.2C2H6O2.H2O.O.8Zn/c10*3-2(4,5)1(6)7;2*1-2(3)4;;;;;;;;;;/h4*1,6-7H;6*(H,6,7);2*2-4H,1H3;1H2;;;;;;;;;. The van der Waals surface area contributed by atoms with Crippen molar-refractivity contribution in [2.45, 2.75) is 113 Å². The van der Waals surface area contributed by atoms with Crippen molar-refractivity contribution in [2.75, 3.05) is 0 Å². The van der Waals surface area contributed by atoms with Crippen LogP contribution in [0.2, 0.25) is 0 Å². The number of hydrogen-bond donors (Lipinski definition) is 18. The average molecular weight is 1830 g/mol. The second kappa shape index (κ2) is 68.8. The summed E-state index contributed by atoms with van der Waals surface area (Å²) < 4.78 is 327. The number of carboxylic acid groups (broad SMARTS) is 6. The van der Waals surface area contributed by atoms with Crippen LogP contribution in [-0.2, 0) is 187 Å². The first kappa shape index (κ1) is 148. The summed E-state index contributed by atoms with van der Waals surface area (Å²) in [4.78, 5) is 53.4. The first-order chi connectivity index (χ1) is 33.9. The molecule has 0 aromatic carbocycles. The monoisotopic (exact) mass is 1820 g/mol. The van der Waals surface area contributed by atoms with Crippen molar-refractivity contribution in [2.24, 2.45) is 0 Å². The number of aliphatic hydroxyl groups is 12. The van der Waals surface area contributed by atoms with Crippen LogP contribution >= 0.6 is 0 Å². The molecule has 26 nitrogen and oxygen atoms in total. The van der Waals surface area contributed by atoms with E-state index in [1.807, 2.05) is 0 Å². The molecule has 0 radical (unpaired) electrons. The van der Waals surface area contributed by atoms with Gasteiger partial charge in [-0.05, 0) is 13.8 Å². The van der Waals surface area contributed by atoms with Crippen molar-refractivity contribution in [3.05, 3.63) is 0 Å². The summed E-state index contributed by atoms with van der Waals surface area (Å²) >= 11 is 0.125. The van der Waals surface area contributed by atoms with Gasteiger partial charge in [-0.25, -0.2) is 28.8 Å². The van der Waals surface area contributed by atoms with Gasteiger partial charge < -0.3 is 97.4 Å². The molecule has 0 aliphatic rings. The number of aliphatic carboxylic acids is 6. The summed E-state index contributed by atoms with van der Waals surface area (Å²) in [7, 11) is 0. The van der Waals surface area contributed by atoms with Gasteiger partial charge in [0.15, 0.2) is 0 Å². The number of carbonyl (C=O) groups is 6. The topological polar surface area (TPSA) is 515 Å². The van der Waals surface area contributed by atoms with Crippen LogP contribution in [0.1, 0.15) is 13.8 Å². The van der Waals surface area contributed by atoms with Crippen LogP contribution in [0, 0.1) is 0 Å².